The number of carboxylic acid groups (broad SMARTS) is 1. The van der Waals surface area contributed by atoms with E-state index >= 15 is 0 Å². The molecule has 2 atom stereocenters. The molecule has 12 nitrogen and oxygen atoms in total. The predicted octanol–water partition coefficient (Wildman–Crippen LogP) is 9.73. The van der Waals surface area contributed by atoms with E-state index in [1.807, 2.05) is 78.9 Å². The van der Waals surface area contributed by atoms with Crippen LogP contribution in [0.25, 0.3) is 39.2 Å². The van der Waals surface area contributed by atoms with Crippen molar-refractivity contribution < 1.29 is 23.9 Å². The third-order valence-electron chi connectivity index (χ3n) is 13.5. The molecule has 3 fully saturated rings. The van der Waals surface area contributed by atoms with Gasteiger partial charge in [-0.15, -0.1) is 0 Å². The highest BCUT2D eigenvalue weighted by Crippen LogP contribution is 2.42. The number of pyridine rings is 1. The van der Waals surface area contributed by atoms with Gasteiger partial charge in [0.15, 0.2) is 13.9 Å². The number of rotatable bonds is 15. The minimum Gasteiger partial charge on any atom is -0.506 e. The van der Waals surface area contributed by atoms with Crippen molar-refractivity contribution in [3.05, 3.63) is 135 Å². The zero-order valence-electron chi connectivity index (χ0n) is 36.9. The molecule has 0 spiro atoms. The Balaban J connectivity index is 0.936. The topological polar surface area (TPSA) is 153 Å². The molecule has 3 aliphatic heterocycles. The minimum atomic E-state index is -2.25. The summed E-state index contributed by atoms with van der Waals surface area (Å²) in [5, 5.41) is 25.5. The summed E-state index contributed by atoms with van der Waals surface area (Å²) in [7, 11) is -2.25. The summed E-state index contributed by atoms with van der Waals surface area (Å²) in [6.07, 6.45) is 6.29. The standard InChI is InChI=1S/C50H59N5O7Si/c1-50(2,3)63(4,5)62-45(38-18-21-43(56)47-39(38)19-22-46(57)52-47)31-51-30-34-16-20-40-44(29-34)61-49(60)54(40)25-11-7-8-12-33-15-17-37(35-13-9-6-10-14-35)41(28-33)55(48(58)59)42-32-53-26-23-36(42)24-27-53/h6,8-10,12-22,28-29,36,42,45,51,56H,7,11,23-27,30-32H2,1-5H3,(H,52,57)(H,58,59)/t42-,45-/m0/s1. The number of fused-ring (bicyclic) bond motifs is 5. The number of aromatic nitrogens is 2. The first-order chi connectivity index (χ1) is 30.2. The number of hydrogen-bond acceptors (Lipinski definition) is 8. The molecule has 0 unspecified atom stereocenters. The number of unbranched alkanes of at least 4 members (excludes halogenated alkanes) is 1. The molecule has 6 aromatic rings. The molecule has 0 aliphatic carbocycles. The average Bonchev–Trinajstić information content (AvgIpc) is 3.57. The molecule has 3 aliphatic rings. The Labute approximate surface area is 368 Å². The molecule has 2 aromatic heterocycles. The Morgan fingerprint density at radius 2 is 1.79 bits per heavy atom. The molecule has 4 N–H and O–H groups in total. The van der Waals surface area contributed by atoms with Crippen molar-refractivity contribution in [1.82, 2.24) is 19.8 Å². The summed E-state index contributed by atoms with van der Waals surface area (Å²) in [6.45, 7) is 15.3. The van der Waals surface area contributed by atoms with Gasteiger partial charge in [0.2, 0.25) is 5.56 Å². The van der Waals surface area contributed by atoms with Crippen LogP contribution in [0.5, 0.6) is 5.75 Å². The van der Waals surface area contributed by atoms with E-state index in [9.17, 15) is 24.6 Å². The predicted molar refractivity (Wildman–Crippen MR) is 253 cm³/mol. The third-order valence-corrected chi connectivity index (χ3v) is 18.0. The van der Waals surface area contributed by atoms with E-state index in [0.29, 0.717) is 55.2 Å². The summed E-state index contributed by atoms with van der Waals surface area (Å²) < 4.78 is 14.4. The Kier molecular flexibility index (Phi) is 12.7. The highest BCUT2D eigenvalue weighted by molar-refractivity contribution is 6.74. The fourth-order valence-corrected chi connectivity index (χ4v) is 10.3. The molecule has 9 rings (SSSR count). The van der Waals surface area contributed by atoms with E-state index < -0.39 is 20.2 Å². The number of aryl methyl sites for hydroxylation is 1. The number of hydrogen-bond donors (Lipinski definition) is 4. The molecule has 0 radical (unpaired) electrons. The van der Waals surface area contributed by atoms with E-state index in [1.54, 1.807) is 21.6 Å². The largest absolute Gasteiger partial charge is 0.506 e. The Morgan fingerprint density at radius 3 is 2.51 bits per heavy atom. The van der Waals surface area contributed by atoms with Gasteiger partial charge in [-0.05, 0) is 115 Å². The van der Waals surface area contributed by atoms with Crippen LogP contribution in [0, 0.1) is 5.92 Å². The summed E-state index contributed by atoms with van der Waals surface area (Å²) in [6, 6.07) is 28.5. The number of aromatic amines is 1. The molecule has 13 heteroatoms. The maximum atomic E-state index is 13.1. The van der Waals surface area contributed by atoms with Gasteiger partial charge in [0, 0.05) is 43.2 Å². The lowest BCUT2D eigenvalue weighted by Crippen LogP contribution is -2.59. The molecular formula is C50H59N5O7Si. The second kappa shape index (κ2) is 18.2. The van der Waals surface area contributed by atoms with Gasteiger partial charge in [0.1, 0.15) is 5.75 Å². The molecule has 330 valence electrons. The maximum Gasteiger partial charge on any atom is 0.419 e. The van der Waals surface area contributed by atoms with E-state index in [-0.39, 0.29) is 28.5 Å². The lowest BCUT2D eigenvalue weighted by Gasteiger charge is -2.48. The van der Waals surface area contributed by atoms with Crippen molar-refractivity contribution in [2.24, 2.45) is 5.92 Å². The monoisotopic (exact) mass is 869 g/mol. The highest BCUT2D eigenvalue weighted by atomic mass is 28.4. The van der Waals surface area contributed by atoms with Crippen molar-refractivity contribution in [1.29, 1.82) is 0 Å². The fraction of sp³-hybridized carbons (Fsp3) is 0.380. The first-order valence-electron chi connectivity index (χ1n) is 22.1. The summed E-state index contributed by atoms with van der Waals surface area (Å²) in [5.74, 6) is -0.0473. The number of allylic oxidation sites excluding steroid dienone is 1. The van der Waals surface area contributed by atoms with E-state index in [4.69, 9.17) is 8.84 Å². The van der Waals surface area contributed by atoms with E-state index in [1.165, 1.54) is 6.07 Å². The highest BCUT2D eigenvalue weighted by Gasteiger charge is 2.41. The van der Waals surface area contributed by atoms with Crippen LogP contribution in [0.4, 0.5) is 10.5 Å². The smallest absolute Gasteiger partial charge is 0.419 e. The van der Waals surface area contributed by atoms with Crippen LogP contribution in [0.3, 0.4) is 0 Å². The van der Waals surface area contributed by atoms with Crippen LogP contribution in [0.2, 0.25) is 18.1 Å². The number of benzene rings is 4. The van der Waals surface area contributed by atoms with Crippen molar-refractivity contribution in [3.63, 3.8) is 0 Å². The zero-order valence-corrected chi connectivity index (χ0v) is 37.9. The van der Waals surface area contributed by atoms with Gasteiger partial charge in [-0.25, -0.2) is 9.59 Å². The number of piperidine rings is 3. The molecule has 2 bridgehead atoms. The third kappa shape index (κ3) is 9.47. The van der Waals surface area contributed by atoms with Crippen LogP contribution in [-0.2, 0) is 17.5 Å². The van der Waals surface area contributed by atoms with Crippen LogP contribution in [0.15, 0.2) is 111 Å². The molecule has 4 aromatic carbocycles. The Hall–Kier alpha value is -5.73. The number of nitrogens with one attached hydrogen (secondary N) is 2. The number of amides is 1. The Bertz CT molecular complexity index is 2740. The summed E-state index contributed by atoms with van der Waals surface area (Å²) in [4.78, 5) is 45.0. The summed E-state index contributed by atoms with van der Waals surface area (Å²) >= 11 is 0. The molecule has 1 amide bonds. The van der Waals surface area contributed by atoms with Crippen molar-refractivity contribution in [2.45, 2.75) is 89.8 Å². The number of phenolic OH excluding ortho intramolecular Hbond substituents is 1. The van der Waals surface area contributed by atoms with Gasteiger partial charge >= 0.3 is 11.8 Å². The molecular weight excluding hydrogens is 811 g/mol. The lowest BCUT2D eigenvalue weighted by atomic mass is 9.82. The molecule has 5 heterocycles. The van der Waals surface area contributed by atoms with Gasteiger partial charge < -0.3 is 34.3 Å². The molecule has 63 heavy (non-hydrogen) atoms. The number of nitrogens with zero attached hydrogens (tertiary/aromatic N) is 3. The van der Waals surface area contributed by atoms with Crippen molar-refractivity contribution in [2.75, 3.05) is 31.1 Å². The number of oxazole rings is 1. The number of carbonyl (C=O) groups is 1. The number of phenols is 1. The quantitative estimate of drug-likeness (QED) is 0.0584. The van der Waals surface area contributed by atoms with E-state index in [0.717, 1.165) is 71.2 Å². The van der Waals surface area contributed by atoms with Gasteiger partial charge in [-0.3, -0.25) is 14.3 Å². The van der Waals surface area contributed by atoms with Gasteiger partial charge in [-0.1, -0.05) is 87.5 Å². The van der Waals surface area contributed by atoms with Crippen molar-refractivity contribution in [3.8, 4) is 16.9 Å². The van der Waals surface area contributed by atoms with Crippen LogP contribution >= 0.6 is 0 Å². The number of aromatic hydroxyl groups is 1. The van der Waals surface area contributed by atoms with Crippen LogP contribution in [-0.4, -0.2) is 71.3 Å². The normalized spacial score (nSPS) is 18.4. The first kappa shape index (κ1) is 43.9. The average molecular weight is 870 g/mol. The van der Waals surface area contributed by atoms with Crippen molar-refractivity contribution >= 4 is 48.2 Å². The Morgan fingerprint density at radius 1 is 1.02 bits per heavy atom. The maximum absolute atomic E-state index is 13.1. The number of H-pyrrole nitrogens is 1. The first-order valence-corrected chi connectivity index (χ1v) is 25.0. The van der Waals surface area contributed by atoms with Gasteiger partial charge in [0.05, 0.1) is 28.9 Å². The second-order valence-corrected chi connectivity index (χ2v) is 23.4. The zero-order chi connectivity index (χ0) is 44.5. The number of anilines is 1. The van der Waals surface area contributed by atoms with Crippen LogP contribution < -0.4 is 21.5 Å². The molecule has 3 saturated heterocycles. The second-order valence-electron chi connectivity index (χ2n) is 18.6. The van der Waals surface area contributed by atoms with Crippen LogP contribution in [0.1, 0.15) is 69.2 Å². The van der Waals surface area contributed by atoms with E-state index in [2.05, 4.69) is 55.1 Å². The molecule has 0 saturated carbocycles. The fourth-order valence-electron chi connectivity index (χ4n) is 9.02. The van der Waals surface area contributed by atoms with Gasteiger partial charge in [0.25, 0.3) is 0 Å². The lowest BCUT2D eigenvalue weighted by molar-refractivity contribution is 0.0838. The summed E-state index contributed by atoms with van der Waals surface area (Å²) in [5.41, 5.74) is 6.70. The van der Waals surface area contributed by atoms with Gasteiger partial charge in [-0.2, -0.15) is 0 Å². The minimum absolute atomic E-state index is 0.00720. The SMILES string of the molecule is CC(C)(C)[Si](C)(C)O[C@@H](CNCc1ccc2c(c1)oc(=O)n2CCCC=Cc1ccc(-c2ccccc2)c(N(C(=O)O)[C@H]2CN3CCC2CC3)c1)c1ccc(O)c2[nH]c(=O)ccc12.